The number of benzene rings is 2. The highest BCUT2D eigenvalue weighted by Gasteiger charge is 2.68. The highest BCUT2D eigenvalue weighted by atomic mass is 35.5. The van der Waals surface area contributed by atoms with Crippen molar-refractivity contribution in [2.75, 3.05) is 18.9 Å². The van der Waals surface area contributed by atoms with E-state index in [1.807, 2.05) is 0 Å². The molecule has 1 fully saturated rings. The van der Waals surface area contributed by atoms with E-state index in [0.717, 1.165) is 0 Å². The zero-order valence-electron chi connectivity index (χ0n) is 13.8. The molecule has 0 saturated carbocycles. The molecule has 0 radical (unpaired) electrons. The Kier molecular flexibility index (Phi) is 3.95. The van der Waals surface area contributed by atoms with Gasteiger partial charge in [-0.3, -0.25) is 19.8 Å². The third-order valence-electron chi connectivity index (χ3n) is 5.40. The van der Waals surface area contributed by atoms with Crippen molar-refractivity contribution in [3.8, 4) is 0 Å². The Bertz CT molecular complexity index is 936. The number of hydrogen-bond acceptors (Lipinski definition) is 4. The molecule has 1 N–H and O–H groups in total. The summed E-state index contributed by atoms with van der Waals surface area (Å²) in [5.41, 5.74) is 0.493. The van der Waals surface area contributed by atoms with E-state index in [4.69, 9.17) is 23.2 Å². The van der Waals surface area contributed by atoms with Crippen molar-refractivity contribution in [1.29, 1.82) is 0 Å². The molecule has 1 spiro atoms. The lowest BCUT2D eigenvalue weighted by molar-refractivity contribution is -0.534. The summed E-state index contributed by atoms with van der Waals surface area (Å²) < 4.78 is 0. The van der Waals surface area contributed by atoms with E-state index >= 15 is 0 Å². The van der Waals surface area contributed by atoms with Crippen LogP contribution in [0.15, 0.2) is 42.5 Å². The van der Waals surface area contributed by atoms with Crippen LogP contribution in [0.1, 0.15) is 17.0 Å². The van der Waals surface area contributed by atoms with Crippen LogP contribution in [0.5, 0.6) is 0 Å². The summed E-state index contributed by atoms with van der Waals surface area (Å²) in [4.78, 5) is 26.5. The maximum atomic E-state index is 13.0. The molecule has 8 heteroatoms. The fraction of sp³-hybridized carbons (Fsp3) is 0.278. The van der Waals surface area contributed by atoms with Crippen molar-refractivity contribution in [3.63, 3.8) is 0 Å². The summed E-state index contributed by atoms with van der Waals surface area (Å²) in [6, 6.07) is 10.9. The van der Waals surface area contributed by atoms with Gasteiger partial charge < -0.3 is 5.32 Å². The average molecular weight is 392 g/mol. The predicted octanol–water partition coefficient (Wildman–Crippen LogP) is 3.52. The number of nitrogens with zero attached hydrogens (tertiary/aromatic N) is 2. The van der Waals surface area contributed by atoms with E-state index < -0.39 is 17.5 Å². The first kappa shape index (κ1) is 17.3. The largest absolute Gasteiger partial charge is 0.324 e. The molecule has 4 rings (SSSR count). The topological polar surface area (TPSA) is 75.5 Å². The van der Waals surface area contributed by atoms with Gasteiger partial charge in [0, 0.05) is 32.8 Å². The number of halogens is 2. The van der Waals surface area contributed by atoms with Gasteiger partial charge in [0.2, 0.25) is 0 Å². The van der Waals surface area contributed by atoms with Crippen molar-refractivity contribution >= 4 is 34.8 Å². The smallest absolute Gasteiger partial charge is 0.256 e. The van der Waals surface area contributed by atoms with Crippen molar-refractivity contribution in [2.45, 2.75) is 17.5 Å². The van der Waals surface area contributed by atoms with Crippen LogP contribution < -0.4 is 5.32 Å². The number of likely N-dealkylation sites (tertiary alicyclic amines) is 1. The average Bonchev–Trinajstić information content (AvgIpc) is 3.04. The second-order valence-corrected chi connectivity index (χ2v) is 7.49. The van der Waals surface area contributed by atoms with E-state index in [-0.39, 0.29) is 10.8 Å². The van der Waals surface area contributed by atoms with Gasteiger partial charge in [0.25, 0.3) is 11.9 Å². The molecular formula is C18H15Cl2N3O3. The number of para-hydroxylation sites is 1. The molecule has 3 atom stereocenters. The lowest BCUT2D eigenvalue weighted by Crippen LogP contribution is -2.54. The van der Waals surface area contributed by atoms with Crippen LogP contribution in [0.4, 0.5) is 5.69 Å². The first-order valence-corrected chi connectivity index (χ1v) is 8.83. The maximum Gasteiger partial charge on any atom is 0.256 e. The minimum atomic E-state index is -1.37. The SMILES string of the molecule is CN1C[C@H](c2ccc(Cl)cc2Cl)[C@@H]([N+](=O)[O-])[C@@]12C(=O)Nc1ccccc12. The molecule has 2 aromatic rings. The molecule has 2 heterocycles. The Labute approximate surface area is 159 Å². The van der Waals surface area contributed by atoms with E-state index in [2.05, 4.69) is 5.32 Å². The van der Waals surface area contributed by atoms with Crippen LogP contribution in [0, 0.1) is 10.1 Å². The Morgan fingerprint density at radius 2 is 2.00 bits per heavy atom. The molecule has 134 valence electrons. The number of nitro groups is 1. The molecule has 0 aromatic heterocycles. The van der Waals surface area contributed by atoms with Gasteiger partial charge >= 0.3 is 0 Å². The molecule has 6 nitrogen and oxygen atoms in total. The van der Waals surface area contributed by atoms with Gasteiger partial charge in [0.05, 0.1) is 5.92 Å². The molecule has 2 aliphatic heterocycles. The molecule has 2 aliphatic rings. The third-order valence-corrected chi connectivity index (χ3v) is 5.97. The molecule has 0 aliphatic carbocycles. The molecule has 26 heavy (non-hydrogen) atoms. The maximum absolute atomic E-state index is 13.0. The van der Waals surface area contributed by atoms with E-state index in [0.29, 0.717) is 33.4 Å². The van der Waals surface area contributed by atoms with Crippen LogP contribution >= 0.6 is 23.2 Å². The number of carbonyl (C=O) groups excluding carboxylic acids is 1. The van der Waals surface area contributed by atoms with Crippen LogP contribution in [0.25, 0.3) is 0 Å². The lowest BCUT2D eigenvalue weighted by Gasteiger charge is -2.30. The summed E-state index contributed by atoms with van der Waals surface area (Å²) in [5, 5.41) is 15.8. The number of nitrogens with one attached hydrogen (secondary N) is 1. The number of hydrogen-bond donors (Lipinski definition) is 1. The fourth-order valence-electron chi connectivity index (χ4n) is 4.36. The number of amides is 1. The van der Waals surface area contributed by atoms with Gasteiger partial charge in [-0.1, -0.05) is 47.5 Å². The Morgan fingerprint density at radius 1 is 1.27 bits per heavy atom. The minimum absolute atomic E-state index is 0.328. The predicted molar refractivity (Wildman–Crippen MR) is 99.4 cm³/mol. The highest BCUT2D eigenvalue weighted by Crippen LogP contribution is 2.52. The molecule has 1 amide bonds. The van der Waals surface area contributed by atoms with E-state index in [1.54, 1.807) is 54.4 Å². The summed E-state index contributed by atoms with van der Waals surface area (Å²) in [7, 11) is 1.74. The van der Waals surface area contributed by atoms with E-state index in [1.165, 1.54) is 0 Å². The Balaban J connectivity index is 1.92. The number of carbonyl (C=O) groups is 1. The van der Waals surface area contributed by atoms with Crippen LogP contribution in [0.3, 0.4) is 0 Å². The Hall–Kier alpha value is -2.15. The number of anilines is 1. The molecule has 0 bridgehead atoms. The van der Waals surface area contributed by atoms with Gasteiger partial charge in [-0.2, -0.15) is 0 Å². The molecule has 0 unspecified atom stereocenters. The zero-order valence-corrected chi connectivity index (χ0v) is 15.3. The van der Waals surface area contributed by atoms with Crippen molar-refractivity contribution in [2.24, 2.45) is 0 Å². The van der Waals surface area contributed by atoms with Crippen LogP contribution in [0.2, 0.25) is 10.0 Å². The first-order chi connectivity index (χ1) is 12.4. The molecule has 2 aromatic carbocycles. The normalized spacial score (nSPS) is 27.6. The van der Waals surface area contributed by atoms with Gasteiger partial charge in [0.1, 0.15) is 0 Å². The second-order valence-electron chi connectivity index (χ2n) is 6.65. The van der Waals surface area contributed by atoms with Gasteiger partial charge in [-0.15, -0.1) is 0 Å². The van der Waals surface area contributed by atoms with Crippen molar-refractivity contribution < 1.29 is 9.72 Å². The van der Waals surface area contributed by atoms with Crippen molar-refractivity contribution in [1.82, 2.24) is 4.90 Å². The van der Waals surface area contributed by atoms with Crippen molar-refractivity contribution in [3.05, 3.63) is 73.8 Å². The molecule has 1 saturated heterocycles. The van der Waals surface area contributed by atoms with Crippen LogP contribution in [-0.4, -0.2) is 35.4 Å². The standard InChI is InChI=1S/C18H15Cl2N3O3/c1-22-9-12(11-7-6-10(19)8-14(11)20)16(23(25)26)18(22)13-4-2-3-5-15(13)21-17(18)24/h2-8,12,16H,9H2,1H3,(H,21,24)/t12-,16-,18+/m1/s1. The van der Waals surface area contributed by atoms with Gasteiger partial charge in [-0.25, -0.2) is 0 Å². The third kappa shape index (κ3) is 2.19. The zero-order chi connectivity index (χ0) is 18.6. The van der Waals surface area contributed by atoms with E-state index in [9.17, 15) is 14.9 Å². The minimum Gasteiger partial charge on any atom is -0.324 e. The number of likely N-dealkylation sites (N-methyl/N-ethyl adjacent to an activating group) is 1. The van der Waals surface area contributed by atoms with Gasteiger partial charge in [-0.05, 0) is 30.8 Å². The summed E-state index contributed by atoms with van der Waals surface area (Å²) >= 11 is 12.3. The number of fused-ring (bicyclic) bond motifs is 2. The molecular weight excluding hydrogens is 377 g/mol. The van der Waals surface area contributed by atoms with Gasteiger partial charge in [0.15, 0.2) is 5.54 Å². The summed E-state index contributed by atoms with van der Waals surface area (Å²) in [6.45, 7) is 0.328. The summed E-state index contributed by atoms with van der Waals surface area (Å²) in [6.07, 6.45) is 0. The first-order valence-electron chi connectivity index (χ1n) is 8.08. The second kappa shape index (κ2) is 5.94. The highest BCUT2D eigenvalue weighted by molar-refractivity contribution is 6.35. The Morgan fingerprint density at radius 3 is 2.69 bits per heavy atom. The summed E-state index contributed by atoms with van der Waals surface area (Å²) in [5.74, 6) is -0.924. The quantitative estimate of drug-likeness (QED) is 0.627. The lowest BCUT2D eigenvalue weighted by atomic mass is 9.79. The monoisotopic (exact) mass is 391 g/mol. The fourth-order valence-corrected chi connectivity index (χ4v) is 4.91. The number of rotatable bonds is 2. The van der Waals surface area contributed by atoms with Crippen LogP contribution in [-0.2, 0) is 10.3 Å².